The van der Waals surface area contributed by atoms with Crippen molar-refractivity contribution in [3.8, 4) is 0 Å². The van der Waals surface area contributed by atoms with Crippen molar-refractivity contribution in [2.24, 2.45) is 11.8 Å². The Hall–Kier alpha value is -0.340. The zero-order valence-electron chi connectivity index (χ0n) is 9.86. The van der Waals surface area contributed by atoms with Gasteiger partial charge in [-0.05, 0) is 43.0 Å². The molecule has 1 heterocycles. The van der Waals surface area contributed by atoms with Crippen LogP contribution in [0.4, 0.5) is 0 Å². The molecule has 0 radical (unpaired) electrons. The van der Waals surface area contributed by atoms with E-state index in [9.17, 15) is 0 Å². The van der Waals surface area contributed by atoms with E-state index in [0.29, 0.717) is 6.04 Å². The summed E-state index contributed by atoms with van der Waals surface area (Å²) in [6.07, 6.45) is 2.73. The van der Waals surface area contributed by atoms with Crippen molar-refractivity contribution in [2.45, 2.75) is 45.7 Å². The van der Waals surface area contributed by atoms with Gasteiger partial charge in [0.05, 0.1) is 0 Å². The molecule has 2 rings (SSSR count). The van der Waals surface area contributed by atoms with E-state index in [1.807, 2.05) is 11.3 Å². The van der Waals surface area contributed by atoms with Crippen LogP contribution in [-0.4, -0.2) is 6.04 Å². The maximum atomic E-state index is 3.77. The Bertz CT molecular complexity index is 293. The summed E-state index contributed by atoms with van der Waals surface area (Å²) in [5.74, 6) is 1.71. The molecule has 0 aromatic carbocycles. The summed E-state index contributed by atoms with van der Waals surface area (Å²) in [4.78, 5) is 1.46. The fourth-order valence-electron chi connectivity index (χ4n) is 2.54. The minimum atomic E-state index is 0.516. The van der Waals surface area contributed by atoms with Gasteiger partial charge in [0.25, 0.3) is 0 Å². The largest absolute Gasteiger partial charge is 0.306 e. The third kappa shape index (κ3) is 2.43. The molecule has 4 atom stereocenters. The molecule has 0 spiro atoms. The molecule has 84 valence electrons. The van der Waals surface area contributed by atoms with E-state index in [-0.39, 0.29) is 0 Å². The minimum absolute atomic E-state index is 0.516. The van der Waals surface area contributed by atoms with Crippen LogP contribution in [0, 0.1) is 11.8 Å². The van der Waals surface area contributed by atoms with Gasteiger partial charge in [-0.25, -0.2) is 0 Å². The van der Waals surface area contributed by atoms with E-state index < -0.39 is 0 Å². The first-order chi connectivity index (χ1) is 7.18. The molecule has 0 aliphatic heterocycles. The van der Waals surface area contributed by atoms with Gasteiger partial charge in [-0.3, -0.25) is 0 Å². The number of nitrogens with one attached hydrogen (secondary N) is 1. The van der Waals surface area contributed by atoms with Crippen LogP contribution in [0.5, 0.6) is 0 Å². The van der Waals surface area contributed by atoms with E-state index >= 15 is 0 Å². The van der Waals surface area contributed by atoms with E-state index in [0.717, 1.165) is 17.9 Å². The Labute approximate surface area is 96.9 Å². The summed E-state index contributed by atoms with van der Waals surface area (Å²) in [5, 5.41) is 5.93. The first-order valence-electron chi connectivity index (χ1n) is 5.98. The molecule has 1 fully saturated rings. The minimum Gasteiger partial charge on any atom is -0.306 e. The van der Waals surface area contributed by atoms with Crippen molar-refractivity contribution in [1.82, 2.24) is 5.32 Å². The molecule has 1 saturated carbocycles. The number of hydrogen-bond acceptors (Lipinski definition) is 2. The third-order valence-corrected chi connectivity index (χ3v) is 4.95. The van der Waals surface area contributed by atoms with Crippen molar-refractivity contribution < 1.29 is 0 Å². The number of hydrogen-bond donors (Lipinski definition) is 1. The van der Waals surface area contributed by atoms with Crippen LogP contribution < -0.4 is 5.32 Å². The summed E-state index contributed by atoms with van der Waals surface area (Å²) >= 11 is 1.85. The molecule has 15 heavy (non-hydrogen) atoms. The second kappa shape index (κ2) is 4.67. The summed E-state index contributed by atoms with van der Waals surface area (Å²) in [6, 6.07) is 5.60. The maximum Gasteiger partial charge on any atom is 0.0388 e. The van der Waals surface area contributed by atoms with Gasteiger partial charge >= 0.3 is 0 Å². The first kappa shape index (κ1) is 11.2. The lowest BCUT2D eigenvalue weighted by atomic mass is 9.97. The molecule has 1 nitrogen and oxygen atoms in total. The van der Waals surface area contributed by atoms with Gasteiger partial charge in [-0.15, -0.1) is 11.3 Å². The highest BCUT2D eigenvalue weighted by Crippen LogP contribution is 2.33. The molecular weight excluding hydrogens is 202 g/mol. The smallest absolute Gasteiger partial charge is 0.0388 e. The highest BCUT2D eigenvalue weighted by Gasteiger charge is 2.30. The van der Waals surface area contributed by atoms with Crippen LogP contribution in [0.1, 0.15) is 44.5 Å². The number of thiophene rings is 1. The van der Waals surface area contributed by atoms with Crippen LogP contribution >= 0.6 is 11.3 Å². The Kier molecular flexibility index (Phi) is 3.47. The van der Waals surface area contributed by atoms with Gasteiger partial charge < -0.3 is 5.32 Å². The molecular formula is C13H21NS. The summed E-state index contributed by atoms with van der Waals surface area (Å²) in [5.41, 5.74) is 0. The fraction of sp³-hybridized carbons (Fsp3) is 0.692. The highest BCUT2D eigenvalue weighted by atomic mass is 32.1. The van der Waals surface area contributed by atoms with Crippen molar-refractivity contribution in [1.29, 1.82) is 0 Å². The zero-order chi connectivity index (χ0) is 10.8. The lowest BCUT2D eigenvalue weighted by Crippen LogP contribution is -2.34. The van der Waals surface area contributed by atoms with Crippen LogP contribution in [0.15, 0.2) is 17.5 Å². The molecule has 2 heteroatoms. The molecule has 0 bridgehead atoms. The average molecular weight is 223 g/mol. The summed E-state index contributed by atoms with van der Waals surface area (Å²) in [6.45, 7) is 7.04. The van der Waals surface area contributed by atoms with Gasteiger partial charge in [-0.1, -0.05) is 19.9 Å². The fourth-order valence-corrected chi connectivity index (χ4v) is 3.28. The van der Waals surface area contributed by atoms with Gasteiger partial charge in [0.15, 0.2) is 0 Å². The SMILES string of the molecule is CC(NC1CCC(C)C1C)c1cccs1. The molecule has 0 amide bonds. The Morgan fingerprint density at radius 2 is 2.20 bits per heavy atom. The molecule has 1 aromatic heterocycles. The lowest BCUT2D eigenvalue weighted by molar-refractivity contribution is 0.348. The Morgan fingerprint density at radius 1 is 1.40 bits per heavy atom. The highest BCUT2D eigenvalue weighted by molar-refractivity contribution is 7.10. The quantitative estimate of drug-likeness (QED) is 0.821. The second-order valence-electron chi connectivity index (χ2n) is 4.92. The number of rotatable bonds is 3. The van der Waals surface area contributed by atoms with Crippen molar-refractivity contribution in [3.63, 3.8) is 0 Å². The molecule has 1 aliphatic carbocycles. The monoisotopic (exact) mass is 223 g/mol. The van der Waals surface area contributed by atoms with Crippen LogP contribution in [0.2, 0.25) is 0 Å². The van der Waals surface area contributed by atoms with Gasteiger partial charge in [0, 0.05) is 17.0 Å². The second-order valence-corrected chi connectivity index (χ2v) is 5.90. The van der Waals surface area contributed by atoms with Crippen molar-refractivity contribution in [3.05, 3.63) is 22.4 Å². The maximum absolute atomic E-state index is 3.77. The zero-order valence-corrected chi connectivity index (χ0v) is 10.7. The molecule has 1 aromatic rings. The normalized spacial score (nSPS) is 33.1. The summed E-state index contributed by atoms with van der Waals surface area (Å²) < 4.78 is 0. The van der Waals surface area contributed by atoms with Crippen LogP contribution in [0.25, 0.3) is 0 Å². The molecule has 1 aliphatic rings. The molecule has 1 N–H and O–H groups in total. The standard InChI is InChI=1S/C13H21NS/c1-9-6-7-12(10(9)2)14-11(3)13-5-4-8-15-13/h4-5,8-12,14H,6-7H2,1-3H3. The van der Waals surface area contributed by atoms with Crippen molar-refractivity contribution >= 4 is 11.3 Å². The van der Waals surface area contributed by atoms with Gasteiger partial charge in [-0.2, -0.15) is 0 Å². The van der Waals surface area contributed by atoms with E-state index in [1.165, 1.54) is 17.7 Å². The van der Waals surface area contributed by atoms with Crippen LogP contribution in [0.3, 0.4) is 0 Å². The topological polar surface area (TPSA) is 12.0 Å². The third-order valence-electron chi connectivity index (χ3n) is 3.90. The Morgan fingerprint density at radius 3 is 2.73 bits per heavy atom. The van der Waals surface area contributed by atoms with Gasteiger partial charge in [0.2, 0.25) is 0 Å². The predicted octanol–water partition coefficient (Wildman–Crippen LogP) is 3.83. The Balaban J connectivity index is 1.92. The van der Waals surface area contributed by atoms with E-state index in [4.69, 9.17) is 0 Å². The van der Waals surface area contributed by atoms with Gasteiger partial charge in [0.1, 0.15) is 0 Å². The van der Waals surface area contributed by atoms with Crippen molar-refractivity contribution in [2.75, 3.05) is 0 Å². The van der Waals surface area contributed by atoms with E-state index in [2.05, 4.69) is 43.6 Å². The summed E-state index contributed by atoms with van der Waals surface area (Å²) in [7, 11) is 0. The average Bonchev–Trinajstić information content (AvgIpc) is 2.83. The lowest BCUT2D eigenvalue weighted by Gasteiger charge is -2.23. The molecule has 4 unspecified atom stereocenters. The molecule has 0 saturated heterocycles. The first-order valence-corrected chi connectivity index (χ1v) is 6.86. The predicted molar refractivity (Wildman–Crippen MR) is 67.2 cm³/mol. The van der Waals surface area contributed by atoms with Crippen LogP contribution in [-0.2, 0) is 0 Å². The van der Waals surface area contributed by atoms with E-state index in [1.54, 1.807) is 0 Å².